The van der Waals surface area contributed by atoms with E-state index < -0.39 is 0 Å². The summed E-state index contributed by atoms with van der Waals surface area (Å²) < 4.78 is 5.66. The molecule has 0 radical (unpaired) electrons. The van der Waals surface area contributed by atoms with Crippen LogP contribution in [0, 0.1) is 0 Å². The van der Waals surface area contributed by atoms with Crippen molar-refractivity contribution in [2.75, 3.05) is 0 Å². The van der Waals surface area contributed by atoms with Gasteiger partial charge in [-0.3, -0.25) is 0 Å². The molecule has 19 heavy (non-hydrogen) atoms. The topological polar surface area (TPSA) is 35.0 Å². The lowest BCUT2D eigenvalue weighted by Gasteiger charge is -2.19. The van der Waals surface area contributed by atoms with Crippen molar-refractivity contribution in [2.45, 2.75) is 26.2 Å². The Hall–Kier alpha value is -1.32. The van der Waals surface area contributed by atoms with Gasteiger partial charge in [0.15, 0.2) is 0 Å². The summed E-state index contributed by atoms with van der Waals surface area (Å²) >= 11 is 11.7. The Morgan fingerprint density at radius 3 is 2.58 bits per heavy atom. The van der Waals surface area contributed by atoms with E-state index in [2.05, 4.69) is 36.8 Å². The molecule has 0 unspecified atom stereocenters. The lowest BCUT2D eigenvalue weighted by Crippen LogP contribution is -2.10. The Kier molecular flexibility index (Phi) is 3.97. The molecule has 0 spiro atoms. The SMILES string of the molecule is CC(C)(C)c1cccc(Oc2nc(Cl)ncc2Cl)c1. The maximum atomic E-state index is 5.97. The molecule has 0 saturated carbocycles. The van der Waals surface area contributed by atoms with Crippen molar-refractivity contribution >= 4 is 23.2 Å². The van der Waals surface area contributed by atoms with Gasteiger partial charge in [-0.05, 0) is 34.7 Å². The number of halogens is 2. The standard InChI is InChI=1S/C14H14Cl2N2O/c1-14(2,3)9-5-4-6-10(7-9)19-12-11(15)8-17-13(16)18-12/h4-8H,1-3H3. The summed E-state index contributed by atoms with van der Waals surface area (Å²) in [6.45, 7) is 6.42. The molecule has 0 bridgehead atoms. The van der Waals surface area contributed by atoms with Crippen molar-refractivity contribution in [1.82, 2.24) is 9.97 Å². The summed E-state index contributed by atoms with van der Waals surface area (Å²) in [6.07, 6.45) is 1.42. The molecule has 1 aromatic heterocycles. The first-order valence-electron chi connectivity index (χ1n) is 5.83. The highest BCUT2D eigenvalue weighted by atomic mass is 35.5. The second-order valence-electron chi connectivity index (χ2n) is 5.17. The second-order valence-corrected chi connectivity index (χ2v) is 5.92. The molecular formula is C14H14Cl2N2O. The molecule has 2 aromatic rings. The van der Waals surface area contributed by atoms with Crippen LogP contribution in [0.4, 0.5) is 0 Å². The largest absolute Gasteiger partial charge is 0.437 e. The Morgan fingerprint density at radius 2 is 1.89 bits per heavy atom. The van der Waals surface area contributed by atoms with Crippen molar-refractivity contribution in [2.24, 2.45) is 0 Å². The lowest BCUT2D eigenvalue weighted by atomic mass is 9.87. The van der Waals surface area contributed by atoms with Crippen LogP contribution in [0.15, 0.2) is 30.5 Å². The third-order valence-electron chi connectivity index (χ3n) is 2.60. The fraction of sp³-hybridized carbons (Fsp3) is 0.286. The molecule has 0 saturated heterocycles. The number of hydrogen-bond donors (Lipinski definition) is 0. The van der Waals surface area contributed by atoms with Gasteiger partial charge in [0.1, 0.15) is 10.8 Å². The predicted octanol–water partition coefficient (Wildman–Crippen LogP) is 4.87. The summed E-state index contributed by atoms with van der Waals surface area (Å²) in [5.74, 6) is 0.928. The van der Waals surface area contributed by atoms with Crippen LogP contribution in [0.2, 0.25) is 10.3 Å². The van der Waals surface area contributed by atoms with Crippen LogP contribution in [0.5, 0.6) is 11.6 Å². The maximum absolute atomic E-state index is 5.97. The van der Waals surface area contributed by atoms with Gasteiger partial charge in [-0.15, -0.1) is 0 Å². The lowest BCUT2D eigenvalue weighted by molar-refractivity contribution is 0.458. The molecule has 0 atom stereocenters. The molecule has 3 nitrogen and oxygen atoms in total. The van der Waals surface area contributed by atoms with Crippen molar-refractivity contribution in [3.63, 3.8) is 0 Å². The van der Waals surface area contributed by atoms with E-state index in [1.54, 1.807) is 0 Å². The van der Waals surface area contributed by atoms with E-state index in [0.29, 0.717) is 10.8 Å². The second kappa shape index (κ2) is 5.35. The summed E-state index contributed by atoms with van der Waals surface area (Å²) in [4.78, 5) is 7.74. The molecule has 1 aromatic carbocycles. The zero-order chi connectivity index (χ0) is 14.0. The number of ether oxygens (including phenoxy) is 1. The van der Waals surface area contributed by atoms with E-state index in [4.69, 9.17) is 27.9 Å². The molecule has 2 rings (SSSR count). The molecule has 0 aliphatic rings. The zero-order valence-corrected chi connectivity index (χ0v) is 12.5. The summed E-state index contributed by atoms with van der Waals surface area (Å²) in [7, 11) is 0. The van der Waals surface area contributed by atoms with Gasteiger partial charge in [-0.25, -0.2) is 4.98 Å². The maximum Gasteiger partial charge on any atom is 0.242 e. The molecule has 0 fully saturated rings. The molecule has 5 heteroatoms. The van der Waals surface area contributed by atoms with E-state index in [9.17, 15) is 0 Å². The van der Waals surface area contributed by atoms with Crippen molar-refractivity contribution in [3.05, 3.63) is 46.3 Å². The smallest absolute Gasteiger partial charge is 0.242 e. The minimum atomic E-state index is 0.0481. The Morgan fingerprint density at radius 1 is 1.16 bits per heavy atom. The zero-order valence-electron chi connectivity index (χ0n) is 10.9. The molecule has 0 N–H and O–H groups in total. The van der Waals surface area contributed by atoms with E-state index in [1.807, 2.05) is 18.2 Å². The van der Waals surface area contributed by atoms with Crippen LogP contribution in [-0.2, 0) is 5.41 Å². The number of aromatic nitrogens is 2. The van der Waals surface area contributed by atoms with Crippen LogP contribution in [0.1, 0.15) is 26.3 Å². The number of hydrogen-bond acceptors (Lipinski definition) is 3. The monoisotopic (exact) mass is 296 g/mol. The van der Waals surface area contributed by atoms with Gasteiger partial charge in [-0.1, -0.05) is 44.5 Å². The molecule has 0 aliphatic carbocycles. The van der Waals surface area contributed by atoms with Crippen LogP contribution in [0.3, 0.4) is 0 Å². The van der Waals surface area contributed by atoms with Gasteiger partial charge in [0, 0.05) is 0 Å². The Balaban J connectivity index is 2.31. The third kappa shape index (κ3) is 3.58. The molecule has 0 amide bonds. The van der Waals surface area contributed by atoms with Crippen LogP contribution in [0.25, 0.3) is 0 Å². The average Bonchev–Trinajstić information content (AvgIpc) is 2.33. The van der Waals surface area contributed by atoms with Gasteiger partial charge in [0.05, 0.1) is 6.20 Å². The van der Waals surface area contributed by atoms with Gasteiger partial charge in [-0.2, -0.15) is 4.98 Å². The van der Waals surface area contributed by atoms with Gasteiger partial charge in [0.2, 0.25) is 11.2 Å². The Labute approximate surface area is 122 Å². The van der Waals surface area contributed by atoms with Gasteiger partial charge >= 0.3 is 0 Å². The van der Waals surface area contributed by atoms with E-state index in [-0.39, 0.29) is 16.6 Å². The van der Waals surface area contributed by atoms with E-state index >= 15 is 0 Å². The summed E-state index contributed by atoms with van der Waals surface area (Å²) in [6, 6.07) is 7.81. The molecule has 100 valence electrons. The molecule has 1 heterocycles. The minimum Gasteiger partial charge on any atom is -0.437 e. The fourth-order valence-corrected chi connectivity index (χ4v) is 1.80. The minimum absolute atomic E-state index is 0.0481. The highest BCUT2D eigenvalue weighted by Gasteiger charge is 2.15. The van der Waals surface area contributed by atoms with Crippen LogP contribution in [-0.4, -0.2) is 9.97 Å². The number of nitrogens with zero attached hydrogens (tertiary/aromatic N) is 2. The number of benzene rings is 1. The van der Waals surface area contributed by atoms with Crippen molar-refractivity contribution < 1.29 is 4.74 Å². The number of rotatable bonds is 2. The van der Waals surface area contributed by atoms with Gasteiger partial charge < -0.3 is 4.74 Å². The summed E-state index contributed by atoms with van der Waals surface area (Å²) in [5.41, 5.74) is 1.22. The predicted molar refractivity (Wildman–Crippen MR) is 77.3 cm³/mol. The van der Waals surface area contributed by atoms with E-state index in [0.717, 1.165) is 0 Å². The van der Waals surface area contributed by atoms with Crippen molar-refractivity contribution in [3.8, 4) is 11.6 Å². The first-order chi connectivity index (χ1) is 8.86. The first-order valence-corrected chi connectivity index (χ1v) is 6.58. The molecule has 0 aliphatic heterocycles. The average molecular weight is 297 g/mol. The first kappa shape index (κ1) is 14.1. The van der Waals surface area contributed by atoms with Crippen LogP contribution < -0.4 is 4.74 Å². The molecular weight excluding hydrogens is 283 g/mol. The highest BCUT2D eigenvalue weighted by Crippen LogP contribution is 2.30. The van der Waals surface area contributed by atoms with Crippen LogP contribution >= 0.6 is 23.2 Å². The highest BCUT2D eigenvalue weighted by molar-refractivity contribution is 6.32. The third-order valence-corrected chi connectivity index (χ3v) is 3.04. The van der Waals surface area contributed by atoms with Crippen molar-refractivity contribution in [1.29, 1.82) is 0 Å². The quantitative estimate of drug-likeness (QED) is 0.741. The van der Waals surface area contributed by atoms with Gasteiger partial charge in [0.25, 0.3) is 0 Å². The summed E-state index contributed by atoms with van der Waals surface area (Å²) in [5, 5.41) is 0.428. The van der Waals surface area contributed by atoms with E-state index in [1.165, 1.54) is 11.8 Å². The Bertz CT molecular complexity index is 594. The normalized spacial score (nSPS) is 11.4. The fourth-order valence-electron chi connectivity index (χ4n) is 1.54.